The number of rotatable bonds is 7. The first kappa shape index (κ1) is 25.9. The molecule has 198 valence electrons. The van der Waals surface area contributed by atoms with Crippen molar-refractivity contribution in [3.05, 3.63) is 71.3 Å². The second-order valence-corrected chi connectivity index (χ2v) is 10.1. The Bertz CT molecular complexity index is 1490. The molecule has 1 aliphatic rings. The molecule has 0 saturated carbocycles. The summed E-state index contributed by atoms with van der Waals surface area (Å²) in [6.07, 6.45) is 6.32. The van der Waals surface area contributed by atoms with Gasteiger partial charge >= 0.3 is 0 Å². The summed E-state index contributed by atoms with van der Waals surface area (Å²) >= 11 is 0. The zero-order chi connectivity index (χ0) is 27.0. The number of anilines is 2. The number of halogens is 2. The first-order chi connectivity index (χ1) is 18.2. The summed E-state index contributed by atoms with van der Waals surface area (Å²) in [5.41, 5.74) is 3.75. The van der Waals surface area contributed by atoms with E-state index >= 15 is 0 Å². The summed E-state index contributed by atoms with van der Waals surface area (Å²) in [5, 5.41) is 3.05. The van der Waals surface area contributed by atoms with Crippen molar-refractivity contribution in [3.63, 3.8) is 0 Å². The second kappa shape index (κ2) is 10.6. The van der Waals surface area contributed by atoms with Gasteiger partial charge in [-0.1, -0.05) is 31.6 Å². The fraction of sp³-hybridized carbons (Fsp3) is 0.379. The van der Waals surface area contributed by atoms with E-state index in [9.17, 15) is 8.78 Å². The predicted molar refractivity (Wildman–Crippen MR) is 147 cm³/mol. The van der Waals surface area contributed by atoms with Crippen LogP contribution in [0.3, 0.4) is 0 Å². The van der Waals surface area contributed by atoms with Crippen LogP contribution in [-0.4, -0.2) is 49.0 Å². The molecule has 0 unspecified atom stereocenters. The molecule has 1 aliphatic heterocycles. The zero-order valence-electron chi connectivity index (χ0n) is 22.5. The van der Waals surface area contributed by atoms with E-state index in [0.717, 1.165) is 37.8 Å². The Balaban J connectivity index is 1.39. The highest BCUT2D eigenvalue weighted by Crippen LogP contribution is 2.31. The maximum atomic E-state index is 15.0. The van der Waals surface area contributed by atoms with Gasteiger partial charge in [-0.3, -0.25) is 4.90 Å². The number of fused-ring (bicyclic) bond motifs is 1. The van der Waals surface area contributed by atoms with Crippen LogP contribution >= 0.6 is 0 Å². The van der Waals surface area contributed by atoms with E-state index in [2.05, 4.69) is 50.1 Å². The standard InChI is InChI=1S/C29H33F2N7/c1-6-37-11-9-20(10-12-37)18(4)21-7-8-26(32-15-21)35-29-33-16-24(31)27(36-29)22-13-23(30)28-25(14-22)38(17(2)3)19(5)34-28/h7-9,13-18H,6,10-12H2,1-5H3,(H,32,33,35,36)/t18-/m0/s1. The molecular weight excluding hydrogens is 484 g/mol. The molecule has 4 aromatic rings. The van der Waals surface area contributed by atoms with Crippen LogP contribution in [-0.2, 0) is 0 Å². The molecule has 0 spiro atoms. The Morgan fingerprint density at radius 1 is 1.03 bits per heavy atom. The molecule has 1 atom stereocenters. The van der Waals surface area contributed by atoms with Gasteiger partial charge in [-0.05, 0) is 57.5 Å². The van der Waals surface area contributed by atoms with Crippen LogP contribution in [0.25, 0.3) is 22.3 Å². The summed E-state index contributed by atoms with van der Waals surface area (Å²) in [4.78, 5) is 19.8. The summed E-state index contributed by atoms with van der Waals surface area (Å²) in [5.74, 6) is 0.553. The Labute approximate surface area is 221 Å². The highest BCUT2D eigenvalue weighted by atomic mass is 19.1. The lowest BCUT2D eigenvalue weighted by atomic mass is 9.90. The van der Waals surface area contributed by atoms with E-state index in [0.29, 0.717) is 22.7 Å². The monoisotopic (exact) mass is 517 g/mol. The van der Waals surface area contributed by atoms with Gasteiger partial charge in [-0.2, -0.15) is 0 Å². The predicted octanol–water partition coefficient (Wildman–Crippen LogP) is 6.55. The highest BCUT2D eigenvalue weighted by molar-refractivity contribution is 5.83. The molecule has 38 heavy (non-hydrogen) atoms. The number of hydrogen-bond donors (Lipinski definition) is 1. The summed E-state index contributed by atoms with van der Waals surface area (Å²) in [7, 11) is 0. The second-order valence-electron chi connectivity index (χ2n) is 10.1. The third kappa shape index (κ3) is 5.03. The molecule has 3 aromatic heterocycles. The molecular formula is C29H33F2N7. The number of hydrogen-bond acceptors (Lipinski definition) is 6. The van der Waals surface area contributed by atoms with Crippen molar-refractivity contribution in [2.45, 2.75) is 53.0 Å². The quantitative estimate of drug-likeness (QED) is 0.280. The number of nitrogens with one attached hydrogen (secondary N) is 1. The van der Waals surface area contributed by atoms with Crippen LogP contribution in [0.5, 0.6) is 0 Å². The largest absolute Gasteiger partial charge is 0.326 e. The average Bonchev–Trinajstić information content (AvgIpc) is 3.26. The van der Waals surface area contributed by atoms with Crippen molar-refractivity contribution >= 4 is 22.8 Å². The van der Waals surface area contributed by atoms with Crippen LogP contribution in [0.15, 0.2) is 48.3 Å². The van der Waals surface area contributed by atoms with Gasteiger partial charge in [0.2, 0.25) is 5.95 Å². The normalized spacial score (nSPS) is 15.2. The Morgan fingerprint density at radius 2 is 1.84 bits per heavy atom. The van der Waals surface area contributed by atoms with Gasteiger partial charge in [0.25, 0.3) is 0 Å². The lowest BCUT2D eigenvalue weighted by Gasteiger charge is -2.27. The summed E-state index contributed by atoms with van der Waals surface area (Å²) in [6, 6.07) is 6.97. The van der Waals surface area contributed by atoms with Gasteiger partial charge in [0.1, 0.15) is 22.9 Å². The van der Waals surface area contributed by atoms with Crippen molar-refractivity contribution in [1.29, 1.82) is 0 Å². The van der Waals surface area contributed by atoms with Gasteiger partial charge in [0.15, 0.2) is 11.6 Å². The van der Waals surface area contributed by atoms with Gasteiger partial charge in [0.05, 0.1) is 11.7 Å². The third-order valence-corrected chi connectivity index (χ3v) is 7.32. The molecule has 1 aromatic carbocycles. The number of aromatic nitrogens is 5. The van der Waals surface area contributed by atoms with E-state index in [1.165, 1.54) is 11.6 Å². The van der Waals surface area contributed by atoms with E-state index in [4.69, 9.17) is 0 Å². The van der Waals surface area contributed by atoms with E-state index < -0.39 is 11.6 Å². The van der Waals surface area contributed by atoms with Crippen LogP contribution in [0.4, 0.5) is 20.5 Å². The van der Waals surface area contributed by atoms with Crippen molar-refractivity contribution in [3.8, 4) is 11.3 Å². The molecule has 0 saturated heterocycles. The van der Waals surface area contributed by atoms with Gasteiger partial charge in [0, 0.05) is 36.8 Å². The highest BCUT2D eigenvalue weighted by Gasteiger charge is 2.19. The minimum absolute atomic E-state index is 0.00746. The number of likely N-dealkylation sites (N-methyl/N-ethyl adjacent to an activating group) is 1. The van der Waals surface area contributed by atoms with Gasteiger partial charge < -0.3 is 9.88 Å². The van der Waals surface area contributed by atoms with Crippen LogP contribution in [0.1, 0.15) is 57.5 Å². The van der Waals surface area contributed by atoms with Crippen molar-refractivity contribution in [1.82, 2.24) is 29.4 Å². The lowest BCUT2D eigenvalue weighted by Crippen LogP contribution is -2.29. The fourth-order valence-corrected chi connectivity index (χ4v) is 5.16. The number of pyridine rings is 1. The molecule has 0 bridgehead atoms. The molecule has 0 radical (unpaired) electrons. The van der Waals surface area contributed by atoms with E-state index in [-0.39, 0.29) is 29.1 Å². The topological polar surface area (TPSA) is 71.8 Å². The number of benzene rings is 1. The SMILES string of the molecule is CCN1CC=C([C@H](C)c2ccc(Nc3ncc(F)c(-c4cc(F)c5nc(C)n(C(C)C)c5c4)n3)nc2)CC1. The number of aryl methyl sites for hydroxylation is 1. The fourth-order valence-electron chi connectivity index (χ4n) is 5.16. The molecule has 0 amide bonds. The number of nitrogens with zero attached hydrogens (tertiary/aromatic N) is 6. The summed E-state index contributed by atoms with van der Waals surface area (Å²) < 4.78 is 31.7. The van der Waals surface area contributed by atoms with Crippen molar-refractivity contribution < 1.29 is 8.78 Å². The molecule has 9 heteroatoms. The Morgan fingerprint density at radius 3 is 2.50 bits per heavy atom. The van der Waals surface area contributed by atoms with Crippen LogP contribution < -0.4 is 5.32 Å². The molecule has 4 heterocycles. The molecule has 1 N–H and O–H groups in total. The maximum Gasteiger partial charge on any atom is 0.229 e. The smallest absolute Gasteiger partial charge is 0.229 e. The minimum Gasteiger partial charge on any atom is -0.326 e. The average molecular weight is 518 g/mol. The molecule has 0 aliphatic carbocycles. The van der Waals surface area contributed by atoms with Crippen molar-refractivity contribution in [2.75, 3.05) is 25.0 Å². The van der Waals surface area contributed by atoms with E-state index in [1.807, 2.05) is 43.7 Å². The van der Waals surface area contributed by atoms with Gasteiger partial charge in [-0.25, -0.2) is 28.7 Å². The van der Waals surface area contributed by atoms with Crippen LogP contribution in [0, 0.1) is 18.6 Å². The zero-order valence-corrected chi connectivity index (χ0v) is 22.5. The Kier molecular flexibility index (Phi) is 7.21. The minimum atomic E-state index is -0.638. The maximum absolute atomic E-state index is 15.0. The first-order valence-corrected chi connectivity index (χ1v) is 13.1. The lowest BCUT2D eigenvalue weighted by molar-refractivity contribution is 0.306. The number of imidazole rings is 1. The Hall–Kier alpha value is -3.72. The molecule has 7 nitrogen and oxygen atoms in total. The summed E-state index contributed by atoms with van der Waals surface area (Å²) in [6.45, 7) is 13.4. The first-order valence-electron chi connectivity index (χ1n) is 13.1. The third-order valence-electron chi connectivity index (χ3n) is 7.32. The van der Waals surface area contributed by atoms with E-state index in [1.54, 1.807) is 6.07 Å². The molecule has 0 fully saturated rings. The van der Waals surface area contributed by atoms with Crippen molar-refractivity contribution in [2.24, 2.45) is 0 Å². The van der Waals surface area contributed by atoms with Crippen LogP contribution in [0.2, 0.25) is 0 Å². The van der Waals surface area contributed by atoms with Gasteiger partial charge in [-0.15, -0.1) is 0 Å². The molecule has 5 rings (SSSR count).